The van der Waals surface area contributed by atoms with Crippen LogP contribution in [-0.2, 0) is 16.2 Å². The standard InChI is InChI=1S/C11H16N2O4S/c1-8(2)13(6-9-4-3-5-18-9)11(16)12-17-7-10(14)15/h3-5,8H,6-7H2,1-2H3,(H,12,16)(H,14,15). The molecular formula is C11H16N2O4S. The van der Waals surface area contributed by atoms with E-state index in [1.807, 2.05) is 31.4 Å². The van der Waals surface area contributed by atoms with Gasteiger partial charge >= 0.3 is 12.0 Å². The Kier molecular flexibility index (Phi) is 5.60. The fourth-order valence-electron chi connectivity index (χ4n) is 1.28. The van der Waals surface area contributed by atoms with Crippen molar-refractivity contribution in [3.63, 3.8) is 0 Å². The maximum absolute atomic E-state index is 11.8. The summed E-state index contributed by atoms with van der Waals surface area (Å²) in [4.78, 5) is 29.2. The Bertz CT molecular complexity index is 392. The molecule has 1 aromatic heterocycles. The lowest BCUT2D eigenvalue weighted by Gasteiger charge is -2.25. The number of hydrogen-bond acceptors (Lipinski definition) is 4. The second-order valence-electron chi connectivity index (χ2n) is 3.89. The van der Waals surface area contributed by atoms with Crippen molar-refractivity contribution in [3.05, 3.63) is 22.4 Å². The third-order valence-electron chi connectivity index (χ3n) is 2.15. The molecule has 6 nitrogen and oxygen atoms in total. The van der Waals surface area contributed by atoms with E-state index >= 15 is 0 Å². The van der Waals surface area contributed by atoms with Crippen LogP contribution < -0.4 is 5.48 Å². The summed E-state index contributed by atoms with van der Waals surface area (Å²) in [5, 5.41) is 10.3. The Hall–Kier alpha value is -1.60. The molecule has 0 spiro atoms. The number of carboxylic acid groups (broad SMARTS) is 1. The molecule has 2 amide bonds. The monoisotopic (exact) mass is 272 g/mol. The number of hydrogen-bond donors (Lipinski definition) is 2. The molecule has 1 heterocycles. The Morgan fingerprint density at radius 2 is 2.28 bits per heavy atom. The van der Waals surface area contributed by atoms with Crippen LogP contribution in [0.25, 0.3) is 0 Å². The number of carbonyl (C=O) groups is 2. The SMILES string of the molecule is CC(C)N(Cc1cccs1)C(=O)NOCC(=O)O. The maximum Gasteiger partial charge on any atom is 0.341 e. The van der Waals surface area contributed by atoms with E-state index in [0.29, 0.717) is 6.54 Å². The third kappa shape index (κ3) is 4.72. The summed E-state index contributed by atoms with van der Waals surface area (Å²) in [5.41, 5.74) is 2.12. The van der Waals surface area contributed by atoms with E-state index in [0.717, 1.165) is 4.88 Å². The fourth-order valence-corrected chi connectivity index (χ4v) is 1.98. The van der Waals surface area contributed by atoms with Gasteiger partial charge in [-0.05, 0) is 25.3 Å². The van der Waals surface area contributed by atoms with Gasteiger partial charge in [0.05, 0.1) is 6.54 Å². The predicted molar refractivity (Wildman–Crippen MR) is 67.1 cm³/mol. The molecule has 0 unspecified atom stereocenters. The molecule has 0 saturated carbocycles. The minimum Gasteiger partial charge on any atom is -0.479 e. The zero-order chi connectivity index (χ0) is 13.5. The van der Waals surface area contributed by atoms with Crippen molar-refractivity contribution in [1.82, 2.24) is 10.4 Å². The molecule has 0 radical (unpaired) electrons. The molecular weight excluding hydrogens is 256 g/mol. The highest BCUT2D eigenvalue weighted by atomic mass is 32.1. The highest BCUT2D eigenvalue weighted by molar-refractivity contribution is 7.09. The molecule has 7 heteroatoms. The first-order chi connectivity index (χ1) is 8.50. The smallest absolute Gasteiger partial charge is 0.341 e. The molecule has 0 atom stereocenters. The molecule has 0 fully saturated rings. The molecule has 1 aromatic rings. The number of carboxylic acids is 1. The number of nitrogens with zero attached hydrogens (tertiary/aromatic N) is 1. The van der Waals surface area contributed by atoms with Crippen molar-refractivity contribution in [1.29, 1.82) is 0 Å². The van der Waals surface area contributed by atoms with Crippen LogP contribution in [0, 0.1) is 0 Å². The Labute approximate surface area is 109 Å². The summed E-state index contributed by atoms with van der Waals surface area (Å²) < 4.78 is 0. The molecule has 2 N–H and O–H groups in total. The van der Waals surface area contributed by atoms with Crippen LogP contribution in [0.5, 0.6) is 0 Å². The van der Waals surface area contributed by atoms with Gasteiger partial charge in [0, 0.05) is 10.9 Å². The van der Waals surface area contributed by atoms with Gasteiger partial charge in [0.25, 0.3) is 0 Å². The van der Waals surface area contributed by atoms with Gasteiger partial charge in [-0.1, -0.05) is 6.07 Å². The summed E-state index contributed by atoms with van der Waals surface area (Å²) in [6.07, 6.45) is 0. The Morgan fingerprint density at radius 3 is 2.78 bits per heavy atom. The van der Waals surface area contributed by atoms with Crippen LogP contribution in [0.3, 0.4) is 0 Å². The zero-order valence-electron chi connectivity index (χ0n) is 10.3. The van der Waals surface area contributed by atoms with Crippen molar-refractivity contribution in [2.45, 2.75) is 26.4 Å². The van der Waals surface area contributed by atoms with Gasteiger partial charge in [0.15, 0.2) is 6.61 Å². The van der Waals surface area contributed by atoms with E-state index in [-0.39, 0.29) is 6.04 Å². The van der Waals surface area contributed by atoms with E-state index in [2.05, 4.69) is 10.3 Å². The second-order valence-corrected chi connectivity index (χ2v) is 4.92. The average Bonchev–Trinajstić information content (AvgIpc) is 2.77. The maximum atomic E-state index is 11.8. The van der Waals surface area contributed by atoms with E-state index in [1.165, 1.54) is 0 Å². The predicted octanol–water partition coefficient (Wildman–Crippen LogP) is 1.68. The van der Waals surface area contributed by atoms with Crippen molar-refractivity contribution >= 4 is 23.3 Å². The third-order valence-corrected chi connectivity index (χ3v) is 3.01. The van der Waals surface area contributed by atoms with Gasteiger partial charge in [-0.25, -0.2) is 15.1 Å². The van der Waals surface area contributed by atoms with Gasteiger partial charge in [-0.3, -0.25) is 4.84 Å². The van der Waals surface area contributed by atoms with Crippen LogP contribution in [0.2, 0.25) is 0 Å². The number of hydroxylamine groups is 1. The van der Waals surface area contributed by atoms with E-state index in [4.69, 9.17) is 5.11 Å². The molecule has 0 aliphatic carbocycles. The van der Waals surface area contributed by atoms with Crippen LogP contribution in [-0.4, -0.2) is 34.7 Å². The first-order valence-electron chi connectivity index (χ1n) is 5.43. The quantitative estimate of drug-likeness (QED) is 0.772. The van der Waals surface area contributed by atoms with Crippen molar-refractivity contribution in [2.24, 2.45) is 0 Å². The number of thiophene rings is 1. The first kappa shape index (κ1) is 14.5. The number of urea groups is 1. The number of amides is 2. The van der Waals surface area contributed by atoms with Gasteiger partial charge in [-0.15, -0.1) is 11.3 Å². The highest BCUT2D eigenvalue weighted by Gasteiger charge is 2.18. The van der Waals surface area contributed by atoms with Gasteiger partial charge in [-0.2, -0.15) is 0 Å². The minimum absolute atomic E-state index is 0.0134. The Balaban J connectivity index is 2.50. The molecule has 0 saturated heterocycles. The molecule has 100 valence electrons. The van der Waals surface area contributed by atoms with Crippen LogP contribution >= 0.6 is 11.3 Å². The number of rotatable bonds is 6. The van der Waals surface area contributed by atoms with Crippen LogP contribution in [0.4, 0.5) is 4.79 Å². The number of aliphatic carboxylic acids is 1. The summed E-state index contributed by atoms with van der Waals surface area (Å²) in [5.74, 6) is -1.13. The lowest BCUT2D eigenvalue weighted by atomic mass is 10.3. The molecule has 0 aliphatic rings. The van der Waals surface area contributed by atoms with Crippen LogP contribution in [0.15, 0.2) is 17.5 Å². The summed E-state index contributed by atoms with van der Waals surface area (Å²) in [6, 6.07) is 3.39. The lowest BCUT2D eigenvalue weighted by molar-refractivity contribution is -0.144. The zero-order valence-corrected chi connectivity index (χ0v) is 11.1. The van der Waals surface area contributed by atoms with Crippen LogP contribution in [0.1, 0.15) is 18.7 Å². The van der Waals surface area contributed by atoms with Gasteiger partial charge in [0.1, 0.15) is 0 Å². The Morgan fingerprint density at radius 1 is 1.56 bits per heavy atom. The average molecular weight is 272 g/mol. The van der Waals surface area contributed by atoms with Crippen molar-refractivity contribution < 1.29 is 19.5 Å². The number of nitrogens with one attached hydrogen (secondary N) is 1. The van der Waals surface area contributed by atoms with Crippen molar-refractivity contribution in [2.75, 3.05) is 6.61 Å². The topological polar surface area (TPSA) is 78.9 Å². The molecule has 0 bridgehead atoms. The fraction of sp³-hybridized carbons (Fsp3) is 0.455. The number of carbonyl (C=O) groups excluding carboxylic acids is 1. The van der Waals surface area contributed by atoms with E-state index in [9.17, 15) is 9.59 Å². The largest absolute Gasteiger partial charge is 0.479 e. The van der Waals surface area contributed by atoms with E-state index in [1.54, 1.807) is 16.2 Å². The highest BCUT2D eigenvalue weighted by Crippen LogP contribution is 2.13. The first-order valence-corrected chi connectivity index (χ1v) is 6.31. The summed E-state index contributed by atoms with van der Waals surface area (Å²) in [6.45, 7) is 3.67. The second kappa shape index (κ2) is 6.97. The van der Waals surface area contributed by atoms with Crippen molar-refractivity contribution in [3.8, 4) is 0 Å². The normalized spacial score (nSPS) is 10.4. The lowest BCUT2D eigenvalue weighted by Crippen LogP contribution is -2.43. The van der Waals surface area contributed by atoms with Gasteiger partial charge in [0.2, 0.25) is 0 Å². The minimum atomic E-state index is -1.13. The molecule has 0 aromatic carbocycles. The molecule has 0 aliphatic heterocycles. The summed E-state index contributed by atoms with van der Waals surface area (Å²) in [7, 11) is 0. The molecule has 18 heavy (non-hydrogen) atoms. The molecule has 1 rings (SSSR count). The van der Waals surface area contributed by atoms with E-state index < -0.39 is 18.6 Å². The van der Waals surface area contributed by atoms with Gasteiger partial charge < -0.3 is 10.0 Å². The summed E-state index contributed by atoms with van der Waals surface area (Å²) >= 11 is 1.56.